The molecule has 0 saturated carbocycles. The van der Waals surface area contributed by atoms with E-state index in [1.807, 2.05) is 45.0 Å². The topological polar surface area (TPSA) is 51.7 Å². The van der Waals surface area contributed by atoms with Crippen LogP contribution in [0.15, 0.2) is 41.1 Å². The maximum Gasteiger partial charge on any atom is 0.415 e. The molecule has 0 aliphatic rings. The predicted molar refractivity (Wildman–Crippen MR) is 102 cm³/mol. The van der Waals surface area contributed by atoms with Crippen LogP contribution in [0.3, 0.4) is 0 Å². The standard InChI is InChI=1S/C18H20BrClN2O3/c1-18(2,3)25-17(23)22(15-9-13(20)10-21-16(15)19)11-12-5-7-14(24-4)8-6-12/h5-10H,11H2,1-4H3. The highest BCUT2D eigenvalue weighted by atomic mass is 79.9. The number of hydrogen-bond donors (Lipinski definition) is 0. The van der Waals surface area contributed by atoms with Gasteiger partial charge in [-0.05, 0) is 60.5 Å². The van der Waals surface area contributed by atoms with Gasteiger partial charge in [-0.3, -0.25) is 4.90 Å². The Morgan fingerprint density at radius 2 is 1.92 bits per heavy atom. The van der Waals surface area contributed by atoms with Crippen molar-refractivity contribution in [1.82, 2.24) is 4.98 Å². The molecule has 5 nitrogen and oxygen atoms in total. The lowest BCUT2D eigenvalue weighted by molar-refractivity contribution is 0.0577. The molecule has 0 bridgehead atoms. The minimum atomic E-state index is -0.617. The van der Waals surface area contributed by atoms with Crippen molar-refractivity contribution in [3.05, 3.63) is 51.7 Å². The van der Waals surface area contributed by atoms with Crippen molar-refractivity contribution in [2.24, 2.45) is 0 Å². The molecule has 2 rings (SSSR count). The molecule has 134 valence electrons. The van der Waals surface area contributed by atoms with Crippen molar-refractivity contribution in [3.8, 4) is 5.75 Å². The number of carbonyl (C=O) groups excluding carboxylic acids is 1. The number of halogens is 2. The Labute approximate surface area is 161 Å². The van der Waals surface area contributed by atoms with Crippen LogP contribution in [-0.4, -0.2) is 23.8 Å². The quantitative estimate of drug-likeness (QED) is 0.609. The summed E-state index contributed by atoms with van der Waals surface area (Å²) >= 11 is 9.44. The first-order valence-corrected chi connectivity index (χ1v) is 8.81. The first kappa shape index (κ1) is 19.5. The van der Waals surface area contributed by atoms with Crippen LogP contribution in [-0.2, 0) is 11.3 Å². The van der Waals surface area contributed by atoms with Gasteiger partial charge in [-0.25, -0.2) is 9.78 Å². The van der Waals surface area contributed by atoms with E-state index in [0.717, 1.165) is 11.3 Å². The monoisotopic (exact) mass is 426 g/mol. The van der Waals surface area contributed by atoms with Gasteiger partial charge in [0.2, 0.25) is 0 Å². The molecule has 0 aliphatic heterocycles. The molecule has 0 unspecified atom stereocenters. The van der Waals surface area contributed by atoms with Crippen LogP contribution >= 0.6 is 27.5 Å². The molecule has 7 heteroatoms. The Bertz CT molecular complexity index is 745. The maximum atomic E-state index is 12.7. The van der Waals surface area contributed by atoms with E-state index < -0.39 is 11.7 Å². The van der Waals surface area contributed by atoms with E-state index in [4.69, 9.17) is 21.1 Å². The fourth-order valence-corrected chi connectivity index (χ4v) is 2.66. The Kier molecular flexibility index (Phi) is 6.30. The molecule has 1 heterocycles. The van der Waals surface area contributed by atoms with Gasteiger partial charge in [-0.15, -0.1) is 0 Å². The molecule has 0 N–H and O–H groups in total. The van der Waals surface area contributed by atoms with Crippen molar-refractivity contribution in [3.63, 3.8) is 0 Å². The number of hydrogen-bond acceptors (Lipinski definition) is 4. The summed E-state index contributed by atoms with van der Waals surface area (Å²) in [6.07, 6.45) is 1.03. The zero-order valence-corrected chi connectivity index (χ0v) is 16.9. The van der Waals surface area contributed by atoms with Crippen molar-refractivity contribution in [2.45, 2.75) is 32.9 Å². The number of aromatic nitrogens is 1. The molecular weight excluding hydrogens is 408 g/mol. The highest BCUT2D eigenvalue weighted by Gasteiger charge is 2.25. The molecular formula is C18H20BrClN2O3. The number of carbonyl (C=O) groups is 1. The minimum absolute atomic E-state index is 0.305. The Hall–Kier alpha value is -1.79. The number of nitrogens with zero attached hydrogens (tertiary/aromatic N) is 2. The van der Waals surface area contributed by atoms with Crippen molar-refractivity contribution in [1.29, 1.82) is 0 Å². The average molecular weight is 428 g/mol. The minimum Gasteiger partial charge on any atom is -0.497 e. The van der Waals surface area contributed by atoms with E-state index in [-0.39, 0.29) is 0 Å². The van der Waals surface area contributed by atoms with Gasteiger partial charge in [0.05, 0.1) is 24.4 Å². The second kappa shape index (κ2) is 8.06. The smallest absolute Gasteiger partial charge is 0.415 e. The van der Waals surface area contributed by atoms with Gasteiger partial charge in [0.15, 0.2) is 0 Å². The fourth-order valence-electron chi connectivity index (χ4n) is 2.08. The summed E-state index contributed by atoms with van der Waals surface area (Å²) in [6, 6.07) is 9.14. The number of amides is 1. The highest BCUT2D eigenvalue weighted by Crippen LogP contribution is 2.30. The Morgan fingerprint density at radius 3 is 2.48 bits per heavy atom. The van der Waals surface area contributed by atoms with E-state index in [0.29, 0.717) is 21.9 Å². The summed E-state index contributed by atoms with van der Waals surface area (Å²) in [4.78, 5) is 18.4. The number of pyridine rings is 1. The van der Waals surface area contributed by atoms with E-state index >= 15 is 0 Å². The molecule has 1 amide bonds. The van der Waals surface area contributed by atoms with Crippen LogP contribution in [0.2, 0.25) is 5.02 Å². The van der Waals surface area contributed by atoms with Crippen LogP contribution < -0.4 is 9.64 Å². The van der Waals surface area contributed by atoms with E-state index in [1.54, 1.807) is 13.2 Å². The normalized spacial score (nSPS) is 11.1. The number of rotatable bonds is 4. The number of methoxy groups -OCH3 is 1. The van der Waals surface area contributed by atoms with Gasteiger partial charge >= 0.3 is 6.09 Å². The molecule has 0 fully saturated rings. The van der Waals surface area contributed by atoms with E-state index in [2.05, 4.69) is 20.9 Å². The van der Waals surface area contributed by atoms with Crippen LogP contribution in [0.4, 0.5) is 10.5 Å². The van der Waals surface area contributed by atoms with Gasteiger partial charge in [0, 0.05) is 6.20 Å². The van der Waals surface area contributed by atoms with Crippen LogP contribution in [0.5, 0.6) is 5.75 Å². The average Bonchev–Trinajstić information content (AvgIpc) is 2.54. The zero-order chi connectivity index (χ0) is 18.6. The third-order valence-corrected chi connectivity index (χ3v) is 4.01. The van der Waals surface area contributed by atoms with E-state index in [9.17, 15) is 4.79 Å². The lowest BCUT2D eigenvalue weighted by Crippen LogP contribution is -2.36. The van der Waals surface area contributed by atoms with E-state index in [1.165, 1.54) is 11.1 Å². The molecule has 2 aromatic rings. The van der Waals surface area contributed by atoms with Gasteiger partial charge in [-0.1, -0.05) is 23.7 Å². The molecule has 1 aromatic carbocycles. The lowest BCUT2D eigenvalue weighted by atomic mass is 10.2. The van der Waals surface area contributed by atoms with Crippen molar-refractivity contribution >= 4 is 39.3 Å². The molecule has 0 atom stereocenters. The van der Waals surface area contributed by atoms with Crippen molar-refractivity contribution in [2.75, 3.05) is 12.0 Å². The van der Waals surface area contributed by atoms with Gasteiger partial charge < -0.3 is 9.47 Å². The number of ether oxygens (including phenoxy) is 2. The molecule has 0 aliphatic carbocycles. The van der Waals surface area contributed by atoms with Crippen LogP contribution in [0.25, 0.3) is 0 Å². The van der Waals surface area contributed by atoms with Crippen molar-refractivity contribution < 1.29 is 14.3 Å². The second-order valence-corrected chi connectivity index (χ2v) is 7.57. The highest BCUT2D eigenvalue weighted by molar-refractivity contribution is 9.10. The fraction of sp³-hybridized carbons (Fsp3) is 0.333. The van der Waals surface area contributed by atoms with Crippen LogP contribution in [0.1, 0.15) is 26.3 Å². The Morgan fingerprint density at radius 1 is 1.28 bits per heavy atom. The largest absolute Gasteiger partial charge is 0.497 e. The van der Waals surface area contributed by atoms with Gasteiger partial charge in [-0.2, -0.15) is 0 Å². The third-order valence-electron chi connectivity index (χ3n) is 3.19. The molecule has 1 aromatic heterocycles. The van der Waals surface area contributed by atoms with Gasteiger partial charge in [0.25, 0.3) is 0 Å². The summed E-state index contributed by atoms with van der Waals surface area (Å²) in [6.45, 7) is 5.77. The summed E-state index contributed by atoms with van der Waals surface area (Å²) in [5.74, 6) is 0.748. The lowest BCUT2D eigenvalue weighted by Gasteiger charge is -2.28. The zero-order valence-electron chi connectivity index (χ0n) is 14.5. The number of benzene rings is 1. The van der Waals surface area contributed by atoms with Gasteiger partial charge in [0.1, 0.15) is 16.0 Å². The number of anilines is 1. The Balaban J connectivity index is 2.37. The predicted octanol–water partition coefficient (Wildman–Crippen LogP) is 5.45. The summed E-state index contributed by atoms with van der Waals surface area (Å²) in [5, 5.41) is 0.432. The molecule has 0 saturated heterocycles. The third kappa shape index (κ3) is 5.61. The molecule has 0 spiro atoms. The molecule has 25 heavy (non-hydrogen) atoms. The summed E-state index contributed by atoms with van der Waals surface area (Å²) in [7, 11) is 1.61. The first-order valence-electron chi connectivity index (χ1n) is 7.64. The molecule has 0 radical (unpaired) electrons. The van der Waals surface area contributed by atoms with Crippen LogP contribution in [0, 0.1) is 0 Å². The first-order chi connectivity index (χ1) is 11.7. The second-order valence-electron chi connectivity index (χ2n) is 6.38. The summed E-state index contributed by atoms with van der Waals surface area (Å²) < 4.78 is 11.2. The maximum absolute atomic E-state index is 12.7. The summed E-state index contributed by atoms with van der Waals surface area (Å²) in [5.41, 5.74) is 0.837. The SMILES string of the molecule is COc1ccc(CN(C(=O)OC(C)(C)C)c2cc(Cl)cnc2Br)cc1.